The fraction of sp³-hybridized carbons (Fsp3) is 0. The second kappa shape index (κ2) is 4.52. The van der Waals surface area contributed by atoms with Crippen LogP contribution in [-0.4, -0.2) is 14.9 Å². The Morgan fingerprint density at radius 3 is 2.47 bits per heavy atom. The maximum absolute atomic E-state index is 13.3. The molecular formula is C10H7FN4O2. The van der Waals surface area contributed by atoms with Crippen LogP contribution < -0.4 is 5.32 Å². The van der Waals surface area contributed by atoms with Crippen molar-refractivity contribution in [3.8, 4) is 0 Å². The predicted molar refractivity (Wildman–Crippen MR) is 58.4 cm³/mol. The molecule has 0 saturated heterocycles. The lowest BCUT2D eigenvalue weighted by Crippen LogP contribution is -2.02. The summed E-state index contributed by atoms with van der Waals surface area (Å²) >= 11 is 0. The van der Waals surface area contributed by atoms with E-state index in [2.05, 4.69) is 15.3 Å². The Balaban J connectivity index is 2.37. The number of anilines is 2. The fourth-order valence-electron chi connectivity index (χ4n) is 1.23. The van der Waals surface area contributed by atoms with Crippen LogP contribution >= 0.6 is 0 Å². The molecule has 2 heterocycles. The Morgan fingerprint density at radius 2 is 1.82 bits per heavy atom. The van der Waals surface area contributed by atoms with E-state index in [1.165, 1.54) is 36.7 Å². The van der Waals surface area contributed by atoms with Crippen LogP contribution in [0.4, 0.5) is 21.7 Å². The second-order valence-corrected chi connectivity index (χ2v) is 3.09. The number of aromatic nitrogens is 2. The van der Waals surface area contributed by atoms with Crippen molar-refractivity contribution >= 4 is 17.3 Å². The summed E-state index contributed by atoms with van der Waals surface area (Å²) in [6.45, 7) is 0. The zero-order valence-corrected chi connectivity index (χ0v) is 8.50. The van der Waals surface area contributed by atoms with E-state index in [-0.39, 0.29) is 17.3 Å². The number of nitrogens with one attached hydrogen (secondary N) is 1. The summed E-state index contributed by atoms with van der Waals surface area (Å²) in [7, 11) is 0. The van der Waals surface area contributed by atoms with E-state index in [0.717, 1.165) is 0 Å². The molecule has 0 aromatic carbocycles. The van der Waals surface area contributed by atoms with Gasteiger partial charge >= 0.3 is 5.69 Å². The summed E-state index contributed by atoms with van der Waals surface area (Å²) in [5, 5.41) is 13.2. The highest BCUT2D eigenvalue weighted by Gasteiger charge is 2.15. The Bertz CT molecular complexity index is 562. The molecular weight excluding hydrogens is 227 g/mol. The van der Waals surface area contributed by atoms with E-state index in [0.29, 0.717) is 0 Å². The van der Waals surface area contributed by atoms with Gasteiger partial charge in [0.05, 0.1) is 4.92 Å². The van der Waals surface area contributed by atoms with E-state index < -0.39 is 10.7 Å². The van der Waals surface area contributed by atoms with Gasteiger partial charge in [0.25, 0.3) is 0 Å². The molecule has 2 aromatic rings. The maximum Gasteiger partial charge on any atom is 0.311 e. The van der Waals surface area contributed by atoms with E-state index in [1.54, 1.807) is 0 Å². The SMILES string of the molecule is O=[N+]([O-])c1cccnc1Nc1ncccc1F. The van der Waals surface area contributed by atoms with Crippen molar-refractivity contribution in [3.05, 3.63) is 52.6 Å². The molecule has 1 N–H and O–H groups in total. The normalized spacial score (nSPS) is 9.94. The van der Waals surface area contributed by atoms with Crippen LogP contribution in [0, 0.1) is 15.9 Å². The average molecular weight is 234 g/mol. The van der Waals surface area contributed by atoms with Gasteiger partial charge in [-0.2, -0.15) is 0 Å². The molecule has 2 aromatic heterocycles. The van der Waals surface area contributed by atoms with Gasteiger partial charge in [0, 0.05) is 18.5 Å². The first-order chi connectivity index (χ1) is 8.18. The molecule has 0 fully saturated rings. The molecule has 86 valence electrons. The van der Waals surface area contributed by atoms with Gasteiger partial charge in [-0.3, -0.25) is 10.1 Å². The fourth-order valence-corrected chi connectivity index (χ4v) is 1.23. The minimum atomic E-state index is -0.604. The molecule has 0 radical (unpaired) electrons. The van der Waals surface area contributed by atoms with Gasteiger partial charge in [0.2, 0.25) is 5.82 Å². The molecule has 6 nitrogen and oxygen atoms in total. The summed E-state index contributed by atoms with van der Waals surface area (Å²) in [5.74, 6) is -0.753. The van der Waals surface area contributed by atoms with Crippen molar-refractivity contribution in [2.45, 2.75) is 0 Å². The van der Waals surface area contributed by atoms with Crippen LogP contribution in [0.25, 0.3) is 0 Å². The molecule has 0 aliphatic carbocycles. The molecule has 0 unspecified atom stereocenters. The third-order valence-corrected chi connectivity index (χ3v) is 1.98. The van der Waals surface area contributed by atoms with Gasteiger partial charge < -0.3 is 5.32 Å². The van der Waals surface area contributed by atoms with Crippen LogP contribution in [0.3, 0.4) is 0 Å². The van der Waals surface area contributed by atoms with Gasteiger partial charge in [0.1, 0.15) is 0 Å². The van der Waals surface area contributed by atoms with Gasteiger partial charge in [-0.15, -0.1) is 0 Å². The number of pyridine rings is 2. The molecule has 0 atom stereocenters. The number of rotatable bonds is 3. The van der Waals surface area contributed by atoms with Crippen LogP contribution in [0.5, 0.6) is 0 Å². The first-order valence-electron chi connectivity index (χ1n) is 4.65. The van der Waals surface area contributed by atoms with Crippen molar-refractivity contribution < 1.29 is 9.31 Å². The molecule has 17 heavy (non-hydrogen) atoms. The van der Waals surface area contributed by atoms with Crippen LogP contribution in [0.15, 0.2) is 36.7 Å². The van der Waals surface area contributed by atoms with Crippen LogP contribution in [0.2, 0.25) is 0 Å². The zero-order valence-electron chi connectivity index (χ0n) is 8.50. The Morgan fingerprint density at radius 1 is 1.18 bits per heavy atom. The van der Waals surface area contributed by atoms with Crippen LogP contribution in [0.1, 0.15) is 0 Å². The monoisotopic (exact) mass is 234 g/mol. The van der Waals surface area contributed by atoms with Crippen molar-refractivity contribution in [3.63, 3.8) is 0 Å². The molecule has 2 rings (SSSR count). The lowest BCUT2D eigenvalue weighted by atomic mass is 10.3. The highest BCUT2D eigenvalue weighted by atomic mass is 19.1. The van der Waals surface area contributed by atoms with Gasteiger partial charge in [0.15, 0.2) is 11.6 Å². The molecule has 0 spiro atoms. The largest absolute Gasteiger partial charge is 0.317 e. The Kier molecular flexibility index (Phi) is 2.91. The quantitative estimate of drug-likeness (QED) is 0.650. The van der Waals surface area contributed by atoms with Crippen molar-refractivity contribution in [1.29, 1.82) is 0 Å². The van der Waals surface area contributed by atoms with Crippen molar-refractivity contribution in [2.75, 3.05) is 5.32 Å². The number of hydrogen-bond acceptors (Lipinski definition) is 5. The highest BCUT2D eigenvalue weighted by molar-refractivity contribution is 5.62. The number of halogens is 1. The molecule has 0 aliphatic rings. The minimum Gasteiger partial charge on any atom is -0.317 e. The number of hydrogen-bond donors (Lipinski definition) is 1. The minimum absolute atomic E-state index is 0.0462. The lowest BCUT2D eigenvalue weighted by molar-refractivity contribution is -0.384. The van der Waals surface area contributed by atoms with E-state index in [4.69, 9.17) is 0 Å². The molecule has 0 amide bonds. The molecule has 0 aliphatic heterocycles. The standard InChI is InChI=1S/C10H7FN4O2/c11-7-3-1-5-12-9(7)14-10-8(15(16)17)4-2-6-13-10/h1-6H,(H,12,13,14). The summed E-state index contributed by atoms with van der Waals surface area (Å²) in [6.07, 6.45) is 2.75. The zero-order chi connectivity index (χ0) is 12.3. The van der Waals surface area contributed by atoms with Crippen LogP contribution in [-0.2, 0) is 0 Å². The smallest absolute Gasteiger partial charge is 0.311 e. The Labute approximate surface area is 95.3 Å². The average Bonchev–Trinajstić information content (AvgIpc) is 2.32. The second-order valence-electron chi connectivity index (χ2n) is 3.09. The lowest BCUT2D eigenvalue weighted by Gasteiger charge is -2.05. The third kappa shape index (κ3) is 2.33. The van der Waals surface area contributed by atoms with E-state index >= 15 is 0 Å². The molecule has 7 heteroatoms. The summed E-state index contributed by atoms with van der Waals surface area (Å²) in [4.78, 5) is 17.6. The number of nitrogens with zero attached hydrogens (tertiary/aromatic N) is 3. The van der Waals surface area contributed by atoms with Gasteiger partial charge in [-0.1, -0.05) is 0 Å². The predicted octanol–water partition coefficient (Wildman–Crippen LogP) is 2.27. The molecule has 0 saturated carbocycles. The highest BCUT2D eigenvalue weighted by Crippen LogP contribution is 2.24. The maximum atomic E-state index is 13.3. The van der Waals surface area contributed by atoms with Crippen molar-refractivity contribution in [1.82, 2.24) is 9.97 Å². The van der Waals surface area contributed by atoms with Crippen molar-refractivity contribution in [2.24, 2.45) is 0 Å². The topological polar surface area (TPSA) is 81.0 Å². The van der Waals surface area contributed by atoms with Gasteiger partial charge in [-0.25, -0.2) is 14.4 Å². The third-order valence-electron chi connectivity index (χ3n) is 1.98. The number of nitro groups is 1. The Hall–Kier alpha value is -2.57. The summed E-state index contributed by atoms with van der Waals surface area (Å²) in [6, 6.07) is 5.33. The molecule has 0 bridgehead atoms. The van der Waals surface area contributed by atoms with E-state index in [9.17, 15) is 14.5 Å². The summed E-state index contributed by atoms with van der Waals surface area (Å²) < 4.78 is 13.3. The first-order valence-corrected chi connectivity index (χ1v) is 4.65. The summed E-state index contributed by atoms with van der Waals surface area (Å²) in [5.41, 5.74) is -0.238. The first kappa shape index (κ1) is 10.9. The van der Waals surface area contributed by atoms with Gasteiger partial charge in [-0.05, 0) is 18.2 Å². The van der Waals surface area contributed by atoms with E-state index in [1.807, 2.05) is 0 Å².